The van der Waals surface area contributed by atoms with Gasteiger partial charge in [-0.1, -0.05) is 176 Å². The van der Waals surface area contributed by atoms with Crippen LogP contribution in [0.5, 0.6) is 0 Å². The first-order valence-corrected chi connectivity index (χ1v) is 18.0. The lowest BCUT2D eigenvalue weighted by Crippen LogP contribution is -2.27. The minimum absolute atomic E-state index is 0.498. The Bertz CT molecular complexity index is 1540. The lowest BCUT2D eigenvalue weighted by atomic mass is 9.84. The molecule has 0 nitrogen and oxygen atoms in total. The maximum Gasteiger partial charge on any atom is -0.00863 e. The zero-order chi connectivity index (χ0) is 28.8. The molecule has 0 saturated heterocycles. The van der Waals surface area contributed by atoms with Crippen molar-refractivity contribution in [2.24, 2.45) is 0 Å². The fourth-order valence-electron chi connectivity index (χ4n) is 6.88. The van der Waals surface area contributed by atoms with Gasteiger partial charge >= 0.3 is 0 Å². The summed E-state index contributed by atoms with van der Waals surface area (Å²) in [6.45, 7) is 0. The summed E-state index contributed by atoms with van der Waals surface area (Å²) < 4.78 is 0. The van der Waals surface area contributed by atoms with E-state index in [1.165, 1.54) is 51.1 Å². The van der Waals surface area contributed by atoms with E-state index in [-0.39, 0.29) is 0 Å². The van der Waals surface area contributed by atoms with Crippen LogP contribution < -0.4 is 31.8 Å². The molecule has 1 aliphatic carbocycles. The predicted octanol–water partition coefficient (Wildman–Crippen LogP) is 8.25. The van der Waals surface area contributed by atoms with E-state index in [4.69, 9.17) is 0 Å². The number of hydrogen-bond donors (Lipinski definition) is 0. The van der Waals surface area contributed by atoms with Gasteiger partial charge < -0.3 is 0 Å². The van der Waals surface area contributed by atoms with E-state index in [9.17, 15) is 0 Å². The molecule has 0 bridgehead atoms. The van der Waals surface area contributed by atoms with Crippen molar-refractivity contribution in [2.45, 2.75) is 31.1 Å². The Balaban J connectivity index is 1.35. The summed E-state index contributed by atoms with van der Waals surface area (Å²) in [4.78, 5) is 0. The smallest absolute Gasteiger partial charge is 0.00863 e. The summed E-state index contributed by atoms with van der Waals surface area (Å²) in [5, 5.41) is 8.70. The van der Waals surface area contributed by atoms with E-state index < -0.39 is 15.8 Å². The fourth-order valence-corrected chi connectivity index (χ4v) is 11.9. The summed E-state index contributed by atoms with van der Waals surface area (Å²) in [5.41, 5.74) is 3.09. The molecule has 210 valence electrons. The standard InChI is InChI=1S/C41H36P2/c1-5-18-32(19-6-1)42(33-20-7-2-8-21-33)40-30-15-13-26-38(40)36-28-17-29-37(36)39-27-14-16-31-41(39)43(34-22-9-3-10-23-34)35-24-11-4-12-25-35/h1-16,18-27,30-31,36-37H,17,28-29H2/t36-,37+. The highest BCUT2D eigenvalue weighted by Gasteiger charge is 2.35. The van der Waals surface area contributed by atoms with Gasteiger partial charge in [0.15, 0.2) is 0 Å². The van der Waals surface area contributed by atoms with Crippen molar-refractivity contribution in [2.75, 3.05) is 0 Å². The van der Waals surface area contributed by atoms with Crippen molar-refractivity contribution < 1.29 is 0 Å². The van der Waals surface area contributed by atoms with Crippen LogP contribution in [0.3, 0.4) is 0 Å². The normalized spacial score (nSPS) is 16.5. The van der Waals surface area contributed by atoms with Crippen LogP contribution in [0.25, 0.3) is 0 Å². The molecule has 0 unspecified atom stereocenters. The van der Waals surface area contributed by atoms with Gasteiger partial charge in [-0.3, -0.25) is 0 Å². The topological polar surface area (TPSA) is 0 Å². The summed E-state index contributed by atoms with van der Waals surface area (Å²) >= 11 is 0. The molecular formula is C41H36P2. The number of hydrogen-bond acceptors (Lipinski definition) is 0. The van der Waals surface area contributed by atoms with Gasteiger partial charge in [0.05, 0.1) is 0 Å². The van der Waals surface area contributed by atoms with Gasteiger partial charge in [-0.05, 0) is 83.5 Å². The van der Waals surface area contributed by atoms with Crippen LogP contribution in [0.2, 0.25) is 0 Å². The van der Waals surface area contributed by atoms with Crippen molar-refractivity contribution in [1.82, 2.24) is 0 Å². The third kappa shape index (κ3) is 5.88. The molecule has 1 saturated carbocycles. The highest BCUT2D eigenvalue weighted by Crippen LogP contribution is 2.49. The van der Waals surface area contributed by atoms with Crippen LogP contribution >= 0.6 is 15.8 Å². The lowest BCUT2D eigenvalue weighted by Gasteiger charge is -2.30. The monoisotopic (exact) mass is 590 g/mol. The van der Waals surface area contributed by atoms with Crippen LogP contribution in [0.15, 0.2) is 170 Å². The first-order valence-electron chi connectivity index (χ1n) is 15.4. The molecule has 43 heavy (non-hydrogen) atoms. The third-order valence-electron chi connectivity index (χ3n) is 8.73. The van der Waals surface area contributed by atoms with E-state index in [0.29, 0.717) is 11.8 Å². The Labute approximate surface area is 259 Å². The Morgan fingerprint density at radius 1 is 0.326 bits per heavy atom. The van der Waals surface area contributed by atoms with E-state index in [1.54, 1.807) is 11.1 Å². The van der Waals surface area contributed by atoms with Gasteiger partial charge in [0.1, 0.15) is 0 Å². The highest BCUT2D eigenvalue weighted by atomic mass is 31.1. The molecule has 0 radical (unpaired) electrons. The minimum Gasteiger partial charge on any atom is -0.0622 e. The first-order chi connectivity index (χ1) is 21.4. The summed E-state index contributed by atoms with van der Waals surface area (Å²) in [6.07, 6.45) is 3.73. The Morgan fingerprint density at radius 3 is 0.930 bits per heavy atom. The summed E-state index contributed by atoms with van der Waals surface area (Å²) in [5.74, 6) is 0.997. The van der Waals surface area contributed by atoms with Gasteiger partial charge in [0, 0.05) is 0 Å². The zero-order valence-corrected chi connectivity index (χ0v) is 26.1. The molecule has 0 spiro atoms. The van der Waals surface area contributed by atoms with Gasteiger partial charge in [-0.25, -0.2) is 0 Å². The van der Waals surface area contributed by atoms with Crippen LogP contribution in [0, 0.1) is 0 Å². The summed E-state index contributed by atoms with van der Waals surface area (Å²) in [6, 6.07) is 63.4. The minimum atomic E-state index is -0.659. The molecule has 7 rings (SSSR count). The second kappa shape index (κ2) is 13.2. The molecule has 0 aromatic heterocycles. The fraction of sp³-hybridized carbons (Fsp3) is 0.122. The molecule has 2 heteroatoms. The average molecular weight is 591 g/mol. The molecule has 2 atom stereocenters. The quantitative estimate of drug-likeness (QED) is 0.157. The maximum atomic E-state index is 2.44. The summed E-state index contributed by atoms with van der Waals surface area (Å²) in [7, 11) is -1.32. The van der Waals surface area contributed by atoms with E-state index in [1.807, 2.05) is 0 Å². The Hall–Kier alpha value is -3.82. The second-order valence-corrected chi connectivity index (χ2v) is 15.6. The molecular weight excluding hydrogens is 554 g/mol. The Morgan fingerprint density at radius 2 is 0.605 bits per heavy atom. The molecule has 0 amide bonds. The molecule has 0 aliphatic heterocycles. The average Bonchev–Trinajstić information content (AvgIpc) is 3.57. The maximum absolute atomic E-state index is 2.44. The van der Waals surface area contributed by atoms with E-state index >= 15 is 0 Å². The molecule has 1 fully saturated rings. The van der Waals surface area contributed by atoms with Crippen molar-refractivity contribution >= 4 is 47.7 Å². The molecule has 6 aromatic rings. The van der Waals surface area contributed by atoms with Crippen LogP contribution in [-0.4, -0.2) is 0 Å². The SMILES string of the molecule is c1ccc(P(c2ccccc2)c2ccccc2[C@H]2CCC[C@H]2c2ccccc2P(c2ccccc2)c2ccccc2)cc1. The lowest BCUT2D eigenvalue weighted by molar-refractivity contribution is 0.629. The third-order valence-corrected chi connectivity index (χ3v) is 13.8. The van der Waals surface area contributed by atoms with E-state index in [2.05, 4.69) is 170 Å². The highest BCUT2D eigenvalue weighted by molar-refractivity contribution is 7.80. The molecule has 0 heterocycles. The van der Waals surface area contributed by atoms with Crippen molar-refractivity contribution in [3.05, 3.63) is 181 Å². The van der Waals surface area contributed by atoms with Gasteiger partial charge in [-0.15, -0.1) is 0 Å². The largest absolute Gasteiger partial charge is 0.0622 e. The number of rotatable bonds is 8. The Kier molecular flexibility index (Phi) is 8.60. The molecule has 0 N–H and O–H groups in total. The van der Waals surface area contributed by atoms with Crippen LogP contribution in [0.1, 0.15) is 42.2 Å². The van der Waals surface area contributed by atoms with Gasteiger partial charge in [0.2, 0.25) is 0 Å². The van der Waals surface area contributed by atoms with Crippen molar-refractivity contribution in [3.63, 3.8) is 0 Å². The van der Waals surface area contributed by atoms with Gasteiger partial charge in [-0.2, -0.15) is 0 Å². The number of benzene rings is 6. The molecule has 6 aromatic carbocycles. The zero-order valence-electron chi connectivity index (χ0n) is 24.3. The van der Waals surface area contributed by atoms with Crippen LogP contribution in [0.4, 0.5) is 0 Å². The second-order valence-electron chi connectivity index (χ2n) is 11.3. The van der Waals surface area contributed by atoms with Crippen molar-refractivity contribution in [1.29, 1.82) is 0 Å². The van der Waals surface area contributed by atoms with Gasteiger partial charge in [0.25, 0.3) is 0 Å². The molecule has 1 aliphatic rings. The first kappa shape index (κ1) is 28.0. The van der Waals surface area contributed by atoms with Crippen molar-refractivity contribution in [3.8, 4) is 0 Å². The predicted molar refractivity (Wildman–Crippen MR) is 190 cm³/mol. The van der Waals surface area contributed by atoms with E-state index in [0.717, 1.165) is 0 Å². The van der Waals surface area contributed by atoms with Crippen LogP contribution in [-0.2, 0) is 0 Å².